The first-order valence-corrected chi connectivity index (χ1v) is 7.35. The maximum atomic E-state index is 11.4. The number of carboxylic acids is 1. The molecule has 0 radical (unpaired) electrons. The molecule has 0 aliphatic carbocycles. The third-order valence-corrected chi connectivity index (χ3v) is 3.21. The van der Waals surface area contributed by atoms with Crippen LogP contribution in [0, 0.1) is 0 Å². The molecule has 0 aromatic heterocycles. The highest BCUT2D eigenvalue weighted by atomic mass is 16.5. The van der Waals surface area contributed by atoms with Gasteiger partial charge in [0.25, 0.3) is 0 Å². The molecule has 0 saturated carbocycles. The number of esters is 1. The van der Waals surface area contributed by atoms with Crippen molar-refractivity contribution in [2.45, 2.75) is 33.6 Å². The minimum absolute atomic E-state index is 0.0983. The molecule has 0 aromatic carbocycles. The van der Waals surface area contributed by atoms with Crippen molar-refractivity contribution < 1.29 is 19.4 Å². The first-order valence-electron chi connectivity index (χ1n) is 7.35. The molecule has 0 aromatic rings. The molecule has 0 unspecified atom stereocenters. The Morgan fingerprint density at radius 1 is 0.900 bits per heavy atom. The molecular weight excluding hydrogens is 260 g/mol. The third kappa shape index (κ3) is 9.75. The first kappa shape index (κ1) is 18.9. The van der Waals surface area contributed by atoms with Crippen LogP contribution in [0.25, 0.3) is 0 Å². The molecule has 0 aliphatic rings. The van der Waals surface area contributed by atoms with E-state index in [1.807, 2.05) is 4.90 Å². The average Bonchev–Trinajstić information content (AvgIpc) is 2.42. The van der Waals surface area contributed by atoms with Gasteiger partial charge >= 0.3 is 11.9 Å². The van der Waals surface area contributed by atoms with Crippen LogP contribution in [0.15, 0.2) is 0 Å². The van der Waals surface area contributed by atoms with Crippen molar-refractivity contribution in [3.63, 3.8) is 0 Å². The lowest BCUT2D eigenvalue weighted by atomic mass is 10.3. The van der Waals surface area contributed by atoms with Crippen molar-refractivity contribution >= 4 is 11.9 Å². The van der Waals surface area contributed by atoms with Crippen LogP contribution in [0.5, 0.6) is 0 Å². The van der Waals surface area contributed by atoms with Crippen molar-refractivity contribution in [2.75, 3.05) is 45.9 Å². The maximum Gasteiger partial charge on any atom is 0.307 e. The van der Waals surface area contributed by atoms with E-state index in [0.29, 0.717) is 26.1 Å². The third-order valence-electron chi connectivity index (χ3n) is 3.21. The Balaban J connectivity index is 4.18. The second kappa shape index (κ2) is 11.7. The van der Waals surface area contributed by atoms with Gasteiger partial charge < -0.3 is 19.6 Å². The van der Waals surface area contributed by atoms with E-state index in [-0.39, 0.29) is 12.4 Å². The summed E-state index contributed by atoms with van der Waals surface area (Å²) in [5.74, 6) is -1.04. The zero-order valence-electron chi connectivity index (χ0n) is 12.9. The Morgan fingerprint density at radius 2 is 1.45 bits per heavy atom. The quantitative estimate of drug-likeness (QED) is 0.541. The Labute approximate surface area is 121 Å². The van der Waals surface area contributed by atoms with Crippen LogP contribution in [0.4, 0.5) is 0 Å². The zero-order valence-corrected chi connectivity index (χ0v) is 12.9. The van der Waals surface area contributed by atoms with Gasteiger partial charge in [-0.3, -0.25) is 9.59 Å². The summed E-state index contributed by atoms with van der Waals surface area (Å²) in [6, 6.07) is 0. The fourth-order valence-electron chi connectivity index (χ4n) is 1.89. The first-order chi connectivity index (χ1) is 9.53. The van der Waals surface area contributed by atoms with E-state index in [1.54, 1.807) is 6.92 Å². The van der Waals surface area contributed by atoms with E-state index in [9.17, 15) is 9.59 Å². The fraction of sp³-hybridized carbons (Fsp3) is 0.857. The van der Waals surface area contributed by atoms with Gasteiger partial charge in [0.15, 0.2) is 0 Å². The van der Waals surface area contributed by atoms with Gasteiger partial charge in [-0.15, -0.1) is 0 Å². The van der Waals surface area contributed by atoms with E-state index in [0.717, 1.165) is 26.2 Å². The van der Waals surface area contributed by atoms with Gasteiger partial charge in [-0.2, -0.15) is 0 Å². The van der Waals surface area contributed by atoms with Crippen molar-refractivity contribution in [2.24, 2.45) is 0 Å². The lowest BCUT2D eigenvalue weighted by Crippen LogP contribution is -2.37. The van der Waals surface area contributed by atoms with E-state index in [1.165, 1.54) is 0 Å². The average molecular weight is 288 g/mol. The Hall–Kier alpha value is -1.14. The lowest BCUT2D eigenvalue weighted by molar-refractivity contribution is -0.143. The molecule has 1 N–H and O–H groups in total. The zero-order chi connectivity index (χ0) is 15.4. The van der Waals surface area contributed by atoms with E-state index < -0.39 is 5.97 Å². The summed E-state index contributed by atoms with van der Waals surface area (Å²) in [5, 5.41) is 8.77. The summed E-state index contributed by atoms with van der Waals surface area (Å²) in [7, 11) is 0. The molecule has 0 bridgehead atoms. The minimum atomic E-state index is -0.811. The largest absolute Gasteiger partial charge is 0.481 e. The molecule has 0 saturated heterocycles. The maximum absolute atomic E-state index is 11.4. The summed E-state index contributed by atoms with van der Waals surface area (Å²) in [6.45, 7) is 11.0. The van der Waals surface area contributed by atoms with E-state index in [2.05, 4.69) is 18.7 Å². The molecule has 118 valence electrons. The number of carbonyl (C=O) groups excluding carboxylic acids is 1. The number of rotatable bonds is 12. The molecule has 0 spiro atoms. The highest BCUT2D eigenvalue weighted by Crippen LogP contribution is 1.98. The Bertz CT molecular complexity index is 280. The van der Waals surface area contributed by atoms with Gasteiger partial charge in [0, 0.05) is 26.2 Å². The van der Waals surface area contributed by atoms with Gasteiger partial charge in [0.1, 0.15) is 0 Å². The summed E-state index contributed by atoms with van der Waals surface area (Å²) in [5.41, 5.74) is 0. The number of hydrogen-bond donors (Lipinski definition) is 1. The van der Waals surface area contributed by atoms with E-state index in [4.69, 9.17) is 9.84 Å². The van der Waals surface area contributed by atoms with Crippen LogP contribution in [0.2, 0.25) is 0 Å². The summed E-state index contributed by atoms with van der Waals surface area (Å²) >= 11 is 0. The second-order valence-corrected chi connectivity index (χ2v) is 4.57. The Morgan fingerprint density at radius 3 is 1.95 bits per heavy atom. The monoisotopic (exact) mass is 288 g/mol. The number of likely N-dealkylation sites (N-methyl/N-ethyl adjacent to an activating group) is 1. The standard InChI is InChI=1S/C14H28N2O4/c1-4-15(5-2)11-12-16(9-7-13(17)18)10-8-14(19)20-6-3/h4-12H2,1-3H3,(H,17,18). The molecular formula is C14H28N2O4. The van der Waals surface area contributed by atoms with Gasteiger partial charge in [0.05, 0.1) is 19.4 Å². The van der Waals surface area contributed by atoms with E-state index >= 15 is 0 Å². The van der Waals surface area contributed by atoms with Crippen LogP contribution >= 0.6 is 0 Å². The molecule has 0 heterocycles. The van der Waals surface area contributed by atoms with Crippen LogP contribution in [0.1, 0.15) is 33.6 Å². The molecule has 0 aliphatic heterocycles. The minimum Gasteiger partial charge on any atom is -0.481 e. The lowest BCUT2D eigenvalue weighted by Gasteiger charge is -2.25. The van der Waals surface area contributed by atoms with Crippen LogP contribution in [0.3, 0.4) is 0 Å². The van der Waals surface area contributed by atoms with Gasteiger partial charge in [0.2, 0.25) is 0 Å². The topological polar surface area (TPSA) is 70.1 Å². The number of nitrogens with zero attached hydrogens (tertiary/aromatic N) is 2. The SMILES string of the molecule is CCOC(=O)CCN(CCC(=O)O)CCN(CC)CC. The number of carbonyl (C=O) groups is 2. The van der Waals surface area contributed by atoms with Crippen molar-refractivity contribution in [1.29, 1.82) is 0 Å². The van der Waals surface area contributed by atoms with Crippen molar-refractivity contribution in [1.82, 2.24) is 9.80 Å². The highest BCUT2D eigenvalue weighted by molar-refractivity contribution is 5.69. The predicted octanol–water partition coefficient (Wildman–Crippen LogP) is 1.06. The number of ether oxygens (including phenoxy) is 1. The molecule has 20 heavy (non-hydrogen) atoms. The molecule has 6 nitrogen and oxygen atoms in total. The summed E-state index contributed by atoms with van der Waals surface area (Å²) in [6.07, 6.45) is 0.410. The molecule has 0 fully saturated rings. The van der Waals surface area contributed by atoms with Crippen LogP contribution in [-0.2, 0) is 14.3 Å². The van der Waals surface area contributed by atoms with Gasteiger partial charge in [-0.05, 0) is 20.0 Å². The molecule has 0 rings (SSSR count). The normalized spacial score (nSPS) is 11.1. The van der Waals surface area contributed by atoms with Crippen molar-refractivity contribution in [3.05, 3.63) is 0 Å². The molecule has 0 atom stereocenters. The summed E-state index contributed by atoms with van der Waals surface area (Å²) < 4.78 is 4.89. The molecule has 6 heteroatoms. The van der Waals surface area contributed by atoms with Crippen molar-refractivity contribution in [3.8, 4) is 0 Å². The smallest absolute Gasteiger partial charge is 0.307 e. The number of carboxylic acid groups (broad SMARTS) is 1. The van der Waals surface area contributed by atoms with Crippen LogP contribution < -0.4 is 0 Å². The van der Waals surface area contributed by atoms with Gasteiger partial charge in [-0.1, -0.05) is 13.8 Å². The summed E-state index contributed by atoms with van der Waals surface area (Å²) in [4.78, 5) is 26.3. The number of hydrogen-bond acceptors (Lipinski definition) is 5. The second-order valence-electron chi connectivity index (χ2n) is 4.57. The predicted molar refractivity (Wildman–Crippen MR) is 77.7 cm³/mol. The Kier molecular flexibility index (Phi) is 11.0. The number of aliphatic carboxylic acids is 1. The molecule has 0 amide bonds. The highest BCUT2D eigenvalue weighted by Gasteiger charge is 2.11. The van der Waals surface area contributed by atoms with Gasteiger partial charge in [-0.25, -0.2) is 0 Å². The van der Waals surface area contributed by atoms with Crippen LogP contribution in [-0.4, -0.2) is 72.7 Å². The fourth-order valence-corrected chi connectivity index (χ4v) is 1.89.